The van der Waals surface area contributed by atoms with Crippen LogP contribution in [-0.4, -0.2) is 51.0 Å². The number of nitrogens with one attached hydrogen (secondary N) is 1. The van der Waals surface area contributed by atoms with Crippen molar-refractivity contribution in [3.63, 3.8) is 0 Å². The van der Waals surface area contributed by atoms with Gasteiger partial charge in [-0.15, -0.1) is 0 Å². The van der Waals surface area contributed by atoms with Crippen molar-refractivity contribution in [3.05, 3.63) is 65.5 Å². The summed E-state index contributed by atoms with van der Waals surface area (Å²) >= 11 is 0. The third kappa shape index (κ3) is 7.94. The average Bonchev–Trinajstić information content (AvgIpc) is 2.79. The van der Waals surface area contributed by atoms with E-state index in [9.17, 15) is 35.6 Å². The first-order chi connectivity index (χ1) is 16.2. The number of nitrogens with zero attached hydrogens (tertiary/aromatic N) is 2. The predicted octanol–water partition coefficient (Wildman–Crippen LogP) is 3.55. The standard InChI is InChI=1S/C23H27F4N3O4S/c1-16(22(32)28-2)29(15-17-9-11-19(24)12-10-17)21(31)8-5-13-30(35(3,33)34)20-7-4-6-18(14-20)23(25,26)27/h4,6-7,9-12,14,16H,5,8,13,15H2,1-3H3,(H,28,32). The molecule has 2 aromatic rings. The van der Waals surface area contributed by atoms with Crippen LogP contribution >= 0.6 is 0 Å². The Kier molecular flexibility index (Phi) is 9.24. The molecular formula is C23H27F4N3O4S. The molecule has 2 aromatic carbocycles. The number of sulfonamides is 1. The van der Waals surface area contributed by atoms with Crippen molar-refractivity contribution in [1.82, 2.24) is 10.2 Å². The fraction of sp³-hybridized carbons (Fsp3) is 0.391. The molecule has 192 valence electrons. The Morgan fingerprint density at radius 1 is 1.09 bits per heavy atom. The zero-order valence-corrected chi connectivity index (χ0v) is 20.3. The third-order valence-electron chi connectivity index (χ3n) is 5.29. The number of benzene rings is 2. The molecule has 0 spiro atoms. The Bertz CT molecular complexity index is 1140. The third-order valence-corrected chi connectivity index (χ3v) is 6.49. The highest BCUT2D eigenvalue weighted by molar-refractivity contribution is 7.92. The van der Waals surface area contributed by atoms with Gasteiger partial charge in [0.2, 0.25) is 21.8 Å². The van der Waals surface area contributed by atoms with E-state index in [1.807, 2.05) is 0 Å². The van der Waals surface area contributed by atoms with E-state index in [1.165, 1.54) is 49.2 Å². The normalized spacial score (nSPS) is 12.7. The summed E-state index contributed by atoms with van der Waals surface area (Å²) in [5.41, 5.74) is -0.585. The Labute approximate surface area is 201 Å². The molecule has 1 unspecified atom stereocenters. The number of alkyl halides is 3. The lowest BCUT2D eigenvalue weighted by atomic mass is 10.1. The Balaban J connectivity index is 2.18. The summed E-state index contributed by atoms with van der Waals surface area (Å²) in [7, 11) is -2.53. The molecule has 7 nitrogen and oxygen atoms in total. The second-order valence-corrected chi connectivity index (χ2v) is 9.83. The van der Waals surface area contributed by atoms with Crippen LogP contribution in [0.25, 0.3) is 0 Å². The van der Waals surface area contributed by atoms with Gasteiger partial charge in [-0.05, 0) is 49.2 Å². The number of rotatable bonds is 10. The van der Waals surface area contributed by atoms with E-state index in [-0.39, 0.29) is 31.6 Å². The maximum atomic E-state index is 13.2. The molecule has 0 bridgehead atoms. The molecule has 12 heteroatoms. The maximum Gasteiger partial charge on any atom is 0.416 e. The molecule has 1 N–H and O–H groups in total. The van der Waals surface area contributed by atoms with Gasteiger partial charge < -0.3 is 10.2 Å². The van der Waals surface area contributed by atoms with Gasteiger partial charge in [-0.2, -0.15) is 13.2 Å². The van der Waals surface area contributed by atoms with E-state index >= 15 is 0 Å². The topological polar surface area (TPSA) is 86.8 Å². The molecular weight excluding hydrogens is 490 g/mol. The molecule has 0 radical (unpaired) electrons. The van der Waals surface area contributed by atoms with Crippen LogP contribution in [0.3, 0.4) is 0 Å². The van der Waals surface area contributed by atoms with Crippen molar-refractivity contribution in [1.29, 1.82) is 0 Å². The number of carbonyl (C=O) groups excluding carboxylic acids is 2. The molecule has 0 aromatic heterocycles. The van der Waals surface area contributed by atoms with E-state index in [2.05, 4.69) is 5.32 Å². The molecule has 2 rings (SSSR count). The summed E-state index contributed by atoms with van der Waals surface area (Å²) in [5.74, 6) is -1.36. The summed E-state index contributed by atoms with van der Waals surface area (Å²) in [6.07, 6.45) is -3.97. The first-order valence-corrected chi connectivity index (χ1v) is 12.5. The van der Waals surface area contributed by atoms with E-state index in [1.54, 1.807) is 0 Å². The van der Waals surface area contributed by atoms with Crippen molar-refractivity contribution in [2.24, 2.45) is 0 Å². The summed E-state index contributed by atoms with van der Waals surface area (Å²) in [6, 6.07) is 8.45. The van der Waals surface area contributed by atoms with Crippen LogP contribution < -0.4 is 9.62 Å². The summed E-state index contributed by atoms with van der Waals surface area (Å²) < 4.78 is 77.8. The van der Waals surface area contributed by atoms with E-state index in [0.29, 0.717) is 5.56 Å². The first-order valence-electron chi connectivity index (χ1n) is 10.6. The molecule has 0 saturated carbocycles. The van der Waals surface area contributed by atoms with Crippen LogP contribution in [0.5, 0.6) is 0 Å². The Morgan fingerprint density at radius 3 is 2.26 bits per heavy atom. The molecule has 0 heterocycles. The molecule has 2 amide bonds. The minimum absolute atomic E-state index is 0.0110. The summed E-state index contributed by atoms with van der Waals surface area (Å²) in [6.45, 7) is 1.29. The monoisotopic (exact) mass is 517 g/mol. The smallest absolute Gasteiger partial charge is 0.357 e. The van der Waals surface area contributed by atoms with Gasteiger partial charge >= 0.3 is 6.18 Å². The van der Waals surface area contributed by atoms with Gasteiger partial charge in [-0.25, -0.2) is 12.8 Å². The molecule has 0 fully saturated rings. The van der Waals surface area contributed by atoms with Crippen molar-refractivity contribution >= 4 is 27.5 Å². The van der Waals surface area contributed by atoms with Gasteiger partial charge in [-0.1, -0.05) is 18.2 Å². The largest absolute Gasteiger partial charge is 0.416 e. The van der Waals surface area contributed by atoms with E-state index in [4.69, 9.17) is 0 Å². The van der Waals surface area contributed by atoms with Crippen LogP contribution in [0.4, 0.5) is 23.2 Å². The molecule has 0 saturated heterocycles. The van der Waals surface area contributed by atoms with Crippen LogP contribution in [0, 0.1) is 5.82 Å². The zero-order chi connectivity index (χ0) is 26.4. The number of halogens is 4. The van der Waals surface area contributed by atoms with Crippen molar-refractivity contribution in [2.45, 2.75) is 38.5 Å². The minimum Gasteiger partial charge on any atom is -0.357 e. The number of amides is 2. The summed E-state index contributed by atoms with van der Waals surface area (Å²) in [4.78, 5) is 26.4. The zero-order valence-electron chi connectivity index (χ0n) is 19.5. The number of hydrogen-bond donors (Lipinski definition) is 1. The summed E-state index contributed by atoms with van der Waals surface area (Å²) in [5, 5.41) is 2.46. The SMILES string of the molecule is CNC(=O)C(C)N(Cc1ccc(F)cc1)C(=O)CCCN(c1cccc(C(F)(F)F)c1)S(C)(=O)=O. The lowest BCUT2D eigenvalue weighted by molar-refractivity contribution is -0.140. The fourth-order valence-corrected chi connectivity index (χ4v) is 4.38. The highest BCUT2D eigenvalue weighted by atomic mass is 32.2. The van der Waals surface area contributed by atoms with Crippen LogP contribution in [0.2, 0.25) is 0 Å². The fourth-order valence-electron chi connectivity index (χ4n) is 3.42. The second-order valence-electron chi connectivity index (χ2n) is 7.93. The predicted molar refractivity (Wildman–Crippen MR) is 123 cm³/mol. The van der Waals surface area contributed by atoms with Crippen LogP contribution in [0.1, 0.15) is 30.9 Å². The first kappa shape index (κ1) is 28.1. The van der Waals surface area contributed by atoms with Gasteiger partial charge in [0.1, 0.15) is 11.9 Å². The molecule has 1 atom stereocenters. The molecule has 0 aliphatic rings. The number of likely N-dealkylation sites (N-methyl/N-ethyl adjacent to an activating group) is 1. The average molecular weight is 518 g/mol. The van der Waals surface area contributed by atoms with Gasteiger partial charge in [-0.3, -0.25) is 13.9 Å². The number of hydrogen-bond acceptors (Lipinski definition) is 4. The Hall–Kier alpha value is -3.15. The van der Waals surface area contributed by atoms with Crippen LogP contribution in [-0.2, 0) is 32.3 Å². The van der Waals surface area contributed by atoms with Gasteiger partial charge in [0, 0.05) is 26.6 Å². The van der Waals surface area contributed by atoms with Crippen molar-refractivity contribution in [3.8, 4) is 0 Å². The van der Waals surface area contributed by atoms with Gasteiger partial charge in [0.25, 0.3) is 0 Å². The van der Waals surface area contributed by atoms with E-state index < -0.39 is 45.4 Å². The lowest BCUT2D eigenvalue weighted by Crippen LogP contribution is -2.46. The highest BCUT2D eigenvalue weighted by Gasteiger charge is 2.32. The quantitative estimate of drug-likeness (QED) is 0.489. The maximum absolute atomic E-state index is 13.2. The highest BCUT2D eigenvalue weighted by Crippen LogP contribution is 2.32. The van der Waals surface area contributed by atoms with Crippen molar-refractivity contribution in [2.75, 3.05) is 24.2 Å². The van der Waals surface area contributed by atoms with E-state index in [0.717, 1.165) is 28.8 Å². The molecule has 35 heavy (non-hydrogen) atoms. The van der Waals surface area contributed by atoms with Gasteiger partial charge in [0.05, 0.1) is 17.5 Å². The second kappa shape index (κ2) is 11.5. The molecule has 0 aliphatic carbocycles. The van der Waals surface area contributed by atoms with Crippen molar-refractivity contribution < 1.29 is 35.6 Å². The number of carbonyl (C=O) groups is 2. The van der Waals surface area contributed by atoms with Crippen LogP contribution in [0.15, 0.2) is 48.5 Å². The number of anilines is 1. The Morgan fingerprint density at radius 2 is 1.71 bits per heavy atom. The van der Waals surface area contributed by atoms with Gasteiger partial charge in [0.15, 0.2) is 0 Å². The molecule has 0 aliphatic heterocycles. The lowest BCUT2D eigenvalue weighted by Gasteiger charge is -2.29. The minimum atomic E-state index is -4.65.